The zero-order valence-corrected chi connectivity index (χ0v) is 6.89. The Morgan fingerprint density at radius 3 is 3.08 bits per heavy atom. The van der Waals surface area contributed by atoms with Crippen LogP contribution in [0.3, 0.4) is 0 Å². The predicted molar refractivity (Wildman–Crippen MR) is 47.0 cm³/mol. The van der Waals surface area contributed by atoms with Crippen LogP contribution in [0.1, 0.15) is 23.1 Å². The Hall–Kier alpha value is -1.09. The predicted octanol–water partition coefficient (Wildman–Crippen LogP) is 0.322. The molecule has 0 saturated heterocycles. The zero-order valence-electron chi connectivity index (χ0n) is 6.89. The first kappa shape index (κ1) is 7.55. The van der Waals surface area contributed by atoms with Crippen molar-refractivity contribution in [2.45, 2.75) is 25.8 Å². The highest BCUT2D eigenvalue weighted by molar-refractivity contribution is 5.35. The number of hydrogen-bond acceptors (Lipinski definition) is 2. The molecule has 64 valence electrons. The fraction of sp³-hybridized carbons (Fsp3) is 0.444. The molecule has 0 saturated carbocycles. The molecule has 1 heterocycles. The minimum absolute atomic E-state index is 0.0156. The molecule has 0 bridgehead atoms. The first-order valence-electron chi connectivity index (χ1n) is 4.25. The summed E-state index contributed by atoms with van der Waals surface area (Å²) in [7, 11) is 0. The van der Waals surface area contributed by atoms with Crippen LogP contribution in [-0.2, 0) is 19.4 Å². The Bertz CT molecular complexity index is 354. The van der Waals surface area contributed by atoms with Crippen LogP contribution >= 0.6 is 0 Å². The summed E-state index contributed by atoms with van der Waals surface area (Å²) < 4.78 is 0. The van der Waals surface area contributed by atoms with E-state index < -0.39 is 0 Å². The summed E-state index contributed by atoms with van der Waals surface area (Å²) in [6.07, 6.45) is 5.08. The van der Waals surface area contributed by atoms with Gasteiger partial charge < -0.3 is 10.7 Å². The number of hydrogen-bond donors (Lipinski definition) is 2. The van der Waals surface area contributed by atoms with Crippen LogP contribution < -0.4 is 11.3 Å². The van der Waals surface area contributed by atoms with Crippen LogP contribution in [0.25, 0.3) is 0 Å². The van der Waals surface area contributed by atoms with Crippen molar-refractivity contribution < 1.29 is 0 Å². The third-order valence-corrected chi connectivity index (χ3v) is 2.48. The largest absolute Gasteiger partial charge is 0.329 e. The summed E-state index contributed by atoms with van der Waals surface area (Å²) in [4.78, 5) is 14.0. The lowest BCUT2D eigenvalue weighted by molar-refractivity contribution is 0.901. The third kappa shape index (κ3) is 0.975. The summed E-state index contributed by atoms with van der Waals surface area (Å²) in [5, 5.41) is 0. The number of H-pyrrole nitrogens is 1. The van der Waals surface area contributed by atoms with Gasteiger partial charge in [0.05, 0.1) is 0 Å². The highest BCUT2D eigenvalue weighted by atomic mass is 16.1. The van der Waals surface area contributed by atoms with Gasteiger partial charge in [0.15, 0.2) is 0 Å². The number of fused-ring (bicyclic) bond motifs is 1. The molecule has 3 heteroatoms. The van der Waals surface area contributed by atoms with E-state index in [1.807, 2.05) is 6.20 Å². The maximum Gasteiger partial charge on any atom is 0.252 e. The number of aromatic nitrogens is 1. The molecular weight excluding hydrogens is 152 g/mol. The summed E-state index contributed by atoms with van der Waals surface area (Å²) in [5.41, 5.74) is 8.74. The van der Waals surface area contributed by atoms with Crippen LogP contribution in [0.5, 0.6) is 0 Å². The molecule has 1 aliphatic carbocycles. The Labute approximate surface area is 70.6 Å². The maximum atomic E-state index is 11.3. The normalized spacial score (nSPS) is 14.8. The SMILES string of the molecule is NCc1c2c(c[nH]c1=O)CCC2. The van der Waals surface area contributed by atoms with Gasteiger partial charge in [-0.05, 0) is 30.4 Å². The van der Waals surface area contributed by atoms with Crippen LogP contribution in [0.15, 0.2) is 11.0 Å². The van der Waals surface area contributed by atoms with E-state index in [2.05, 4.69) is 4.98 Å². The number of nitrogens with one attached hydrogen (secondary N) is 1. The molecule has 1 aromatic rings. The second-order valence-corrected chi connectivity index (χ2v) is 3.16. The molecule has 0 amide bonds. The van der Waals surface area contributed by atoms with Gasteiger partial charge in [0.2, 0.25) is 0 Å². The van der Waals surface area contributed by atoms with Gasteiger partial charge in [-0.1, -0.05) is 0 Å². The molecule has 0 fully saturated rings. The van der Waals surface area contributed by atoms with Gasteiger partial charge in [-0.2, -0.15) is 0 Å². The average Bonchev–Trinajstić information content (AvgIpc) is 2.52. The second kappa shape index (κ2) is 2.75. The molecule has 0 unspecified atom stereocenters. The number of pyridine rings is 1. The molecular formula is C9H12N2O. The van der Waals surface area contributed by atoms with Crippen molar-refractivity contribution in [1.29, 1.82) is 0 Å². The fourth-order valence-corrected chi connectivity index (χ4v) is 1.86. The fourth-order valence-electron chi connectivity index (χ4n) is 1.86. The van der Waals surface area contributed by atoms with E-state index in [4.69, 9.17) is 5.73 Å². The van der Waals surface area contributed by atoms with Gasteiger partial charge >= 0.3 is 0 Å². The van der Waals surface area contributed by atoms with Gasteiger partial charge in [-0.15, -0.1) is 0 Å². The van der Waals surface area contributed by atoms with Crippen LogP contribution in [-0.4, -0.2) is 4.98 Å². The molecule has 0 aromatic carbocycles. The first-order valence-corrected chi connectivity index (χ1v) is 4.25. The van der Waals surface area contributed by atoms with Gasteiger partial charge in [0.1, 0.15) is 0 Å². The monoisotopic (exact) mass is 164 g/mol. The van der Waals surface area contributed by atoms with Crippen molar-refractivity contribution in [2.24, 2.45) is 5.73 Å². The number of aryl methyl sites for hydroxylation is 1. The molecule has 0 spiro atoms. The van der Waals surface area contributed by atoms with Crippen LogP contribution in [0, 0.1) is 0 Å². The zero-order chi connectivity index (χ0) is 8.55. The molecule has 2 rings (SSSR count). The second-order valence-electron chi connectivity index (χ2n) is 3.16. The maximum absolute atomic E-state index is 11.3. The lowest BCUT2D eigenvalue weighted by Crippen LogP contribution is -2.18. The molecule has 12 heavy (non-hydrogen) atoms. The van der Waals surface area contributed by atoms with E-state index >= 15 is 0 Å². The van der Waals surface area contributed by atoms with Crippen LogP contribution in [0.2, 0.25) is 0 Å². The van der Waals surface area contributed by atoms with Crippen LogP contribution in [0.4, 0.5) is 0 Å². The third-order valence-electron chi connectivity index (χ3n) is 2.48. The smallest absolute Gasteiger partial charge is 0.252 e. The summed E-state index contributed by atoms with van der Waals surface area (Å²) in [5.74, 6) is 0. The van der Waals surface area contributed by atoms with Gasteiger partial charge in [-0.25, -0.2) is 0 Å². The van der Waals surface area contributed by atoms with Gasteiger partial charge in [-0.3, -0.25) is 4.79 Å². The molecule has 0 aliphatic heterocycles. The van der Waals surface area contributed by atoms with Crippen molar-refractivity contribution in [3.63, 3.8) is 0 Å². The molecule has 1 aromatic heterocycles. The number of aromatic amines is 1. The quantitative estimate of drug-likeness (QED) is 0.628. The van der Waals surface area contributed by atoms with Crippen molar-refractivity contribution in [2.75, 3.05) is 0 Å². The van der Waals surface area contributed by atoms with Crippen molar-refractivity contribution >= 4 is 0 Å². The Balaban J connectivity index is 2.65. The minimum atomic E-state index is -0.0156. The molecule has 0 radical (unpaired) electrons. The standard InChI is InChI=1S/C9H12N2O/c10-4-8-7-3-1-2-6(7)5-11-9(8)12/h5H,1-4,10H2,(H,11,12). The van der Waals surface area contributed by atoms with Gasteiger partial charge in [0, 0.05) is 18.3 Å². The number of rotatable bonds is 1. The highest BCUT2D eigenvalue weighted by Crippen LogP contribution is 2.21. The summed E-state index contributed by atoms with van der Waals surface area (Å²) in [6, 6.07) is 0. The Morgan fingerprint density at radius 1 is 1.50 bits per heavy atom. The Morgan fingerprint density at radius 2 is 2.33 bits per heavy atom. The Kier molecular flexibility index (Phi) is 1.73. The van der Waals surface area contributed by atoms with E-state index in [-0.39, 0.29) is 5.56 Å². The van der Waals surface area contributed by atoms with E-state index in [0.717, 1.165) is 24.8 Å². The van der Waals surface area contributed by atoms with Crippen molar-refractivity contribution in [3.05, 3.63) is 33.2 Å². The van der Waals surface area contributed by atoms with E-state index in [9.17, 15) is 4.79 Å². The molecule has 1 aliphatic rings. The minimum Gasteiger partial charge on any atom is -0.329 e. The summed E-state index contributed by atoms with van der Waals surface area (Å²) >= 11 is 0. The topological polar surface area (TPSA) is 58.9 Å². The molecule has 3 nitrogen and oxygen atoms in total. The molecule has 3 N–H and O–H groups in total. The lowest BCUT2D eigenvalue weighted by atomic mass is 10.1. The van der Waals surface area contributed by atoms with Gasteiger partial charge in [0.25, 0.3) is 5.56 Å². The van der Waals surface area contributed by atoms with E-state index in [1.165, 1.54) is 11.1 Å². The van der Waals surface area contributed by atoms with Crippen molar-refractivity contribution in [1.82, 2.24) is 4.98 Å². The summed E-state index contributed by atoms with van der Waals surface area (Å²) in [6.45, 7) is 0.360. The number of nitrogens with two attached hydrogens (primary N) is 1. The van der Waals surface area contributed by atoms with Crippen molar-refractivity contribution in [3.8, 4) is 0 Å². The van der Waals surface area contributed by atoms with E-state index in [1.54, 1.807) is 0 Å². The lowest BCUT2D eigenvalue weighted by Gasteiger charge is -2.03. The molecule has 0 atom stereocenters. The average molecular weight is 164 g/mol. The highest BCUT2D eigenvalue weighted by Gasteiger charge is 2.15. The first-order chi connectivity index (χ1) is 5.83. The van der Waals surface area contributed by atoms with E-state index in [0.29, 0.717) is 6.54 Å².